The number of hydrogen-bond donors (Lipinski definition) is 1. The molecule has 0 aliphatic heterocycles. The lowest BCUT2D eigenvalue weighted by atomic mass is 10.2. The molecule has 0 amide bonds. The Labute approximate surface area is 106 Å². The number of halogens is 2. The molecule has 0 heterocycles. The zero-order chi connectivity index (χ0) is 12.1. The highest BCUT2D eigenvalue weighted by molar-refractivity contribution is 6.35. The molecule has 1 aromatic rings. The fourth-order valence-electron chi connectivity index (χ4n) is 1.30. The zero-order valence-electron chi connectivity index (χ0n) is 9.39. The van der Waals surface area contributed by atoms with E-state index in [1.807, 2.05) is 20.0 Å². The summed E-state index contributed by atoms with van der Waals surface area (Å²) in [5, 5.41) is 4.17. The van der Waals surface area contributed by atoms with Gasteiger partial charge in [0.25, 0.3) is 0 Å². The first kappa shape index (κ1) is 13.4. The molecule has 1 unspecified atom stereocenters. The third-order valence-electron chi connectivity index (χ3n) is 2.09. The van der Waals surface area contributed by atoms with Crippen molar-refractivity contribution in [2.24, 2.45) is 0 Å². The second kappa shape index (κ2) is 6.14. The summed E-state index contributed by atoms with van der Waals surface area (Å²) in [6.45, 7) is 6.23. The number of rotatable bonds is 5. The van der Waals surface area contributed by atoms with E-state index >= 15 is 0 Å². The molecule has 88 valence electrons. The van der Waals surface area contributed by atoms with Crippen molar-refractivity contribution in [1.29, 1.82) is 0 Å². The van der Waals surface area contributed by atoms with Crippen molar-refractivity contribution in [2.45, 2.75) is 19.6 Å². The van der Waals surface area contributed by atoms with Crippen molar-refractivity contribution in [2.75, 3.05) is 7.05 Å². The van der Waals surface area contributed by atoms with Gasteiger partial charge in [0.15, 0.2) is 0 Å². The van der Waals surface area contributed by atoms with Crippen LogP contribution in [-0.2, 0) is 6.54 Å². The molecular formula is C12H15Cl2NO. The monoisotopic (exact) mass is 259 g/mol. The number of nitrogens with one attached hydrogen (secondary N) is 1. The number of benzene rings is 1. The van der Waals surface area contributed by atoms with Gasteiger partial charge in [-0.15, -0.1) is 0 Å². The molecule has 0 spiro atoms. The van der Waals surface area contributed by atoms with Gasteiger partial charge in [-0.3, -0.25) is 0 Å². The third kappa shape index (κ3) is 3.41. The van der Waals surface area contributed by atoms with Crippen LogP contribution in [0.15, 0.2) is 24.8 Å². The Bertz CT molecular complexity index is 380. The largest absolute Gasteiger partial charge is 0.485 e. The Hall–Kier alpha value is -0.700. The molecule has 0 aliphatic rings. The summed E-state index contributed by atoms with van der Waals surface area (Å²) in [7, 11) is 1.86. The lowest BCUT2D eigenvalue weighted by Crippen LogP contribution is -2.12. The van der Waals surface area contributed by atoms with Crippen LogP contribution in [0.4, 0.5) is 0 Å². The van der Waals surface area contributed by atoms with E-state index in [0.717, 1.165) is 5.56 Å². The molecule has 1 aromatic carbocycles. The summed E-state index contributed by atoms with van der Waals surface area (Å²) in [5.41, 5.74) is 0.939. The Balaban J connectivity index is 3.07. The first-order valence-corrected chi connectivity index (χ1v) is 5.75. The zero-order valence-corrected chi connectivity index (χ0v) is 10.9. The van der Waals surface area contributed by atoms with Crippen LogP contribution < -0.4 is 10.1 Å². The summed E-state index contributed by atoms with van der Waals surface area (Å²) in [6, 6.07) is 3.52. The number of ether oxygens (including phenoxy) is 1. The predicted octanol–water partition coefficient (Wildman–Crippen LogP) is 3.67. The highest BCUT2D eigenvalue weighted by atomic mass is 35.5. The van der Waals surface area contributed by atoms with E-state index in [4.69, 9.17) is 27.9 Å². The second-order valence-corrected chi connectivity index (χ2v) is 4.31. The van der Waals surface area contributed by atoms with Crippen LogP contribution in [-0.4, -0.2) is 13.2 Å². The quantitative estimate of drug-likeness (QED) is 0.815. The molecule has 4 heteroatoms. The molecule has 1 atom stereocenters. The lowest BCUT2D eigenvalue weighted by Gasteiger charge is -2.16. The van der Waals surface area contributed by atoms with Crippen molar-refractivity contribution in [3.8, 4) is 5.75 Å². The maximum Gasteiger partial charge on any atom is 0.143 e. The molecule has 0 aromatic heterocycles. The van der Waals surface area contributed by atoms with Gasteiger partial charge in [-0.2, -0.15) is 0 Å². The molecule has 0 aliphatic carbocycles. The fraction of sp³-hybridized carbons (Fsp3) is 0.333. The van der Waals surface area contributed by atoms with E-state index < -0.39 is 0 Å². The summed E-state index contributed by atoms with van der Waals surface area (Å²) in [6.07, 6.45) is 1.63. The topological polar surface area (TPSA) is 21.3 Å². The average molecular weight is 260 g/mol. The summed E-state index contributed by atoms with van der Waals surface area (Å²) in [4.78, 5) is 0. The SMILES string of the molecule is C=CC(C)Oc1c(Cl)cc(Cl)cc1CNC. The van der Waals surface area contributed by atoms with Crippen LogP contribution in [0.3, 0.4) is 0 Å². The minimum atomic E-state index is -0.0886. The van der Waals surface area contributed by atoms with Gasteiger partial charge < -0.3 is 10.1 Å². The van der Waals surface area contributed by atoms with E-state index in [9.17, 15) is 0 Å². The van der Waals surface area contributed by atoms with Crippen molar-refractivity contribution in [3.63, 3.8) is 0 Å². The van der Waals surface area contributed by atoms with E-state index in [-0.39, 0.29) is 6.10 Å². The van der Waals surface area contributed by atoms with Gasteiger partial charge in [0.1, 0.15) is 11.9 Å². The van der Waals surface area contributed by atoms with Gasteiger partial charge in [-0.25, -0.2) is 0 Å². The summed E-state index contributed by atoms with van der Waals surface area (Å²) >= 11 is 12.0. The van der Waals surface area contributed by atoms with E-state index in [1.165, 1.54) is 0 Å². The van der Waals surface area contributed by atoms with Gasteiger partial charge >= 0.3 is 0 Å². The van der Waals surface area contributed by atoms with Crippen LogP contribution in [0.2, 0.25) is 10.0 Å². The standard InChI is InChI=1S/C12H15Cl2NO/c1-4-8(2)16-12-9(7-15-3)5-10(13)6-11(12)14/h4-6,8,15H,1,7H2,2-3H3. The Morgan fingerprint density at radius 2 is 2.19 bits per heavy atom. The molecular weight excluding hydrogens is 245 g/mol. The molecule has 2 nitrogen and oxygen atoms in total. The van der Waals surface area contributed by atoms with Crippen molar-refractivity contribution < 1.29 is 4.74 Å². The first-order chi connectivity index (χ1) is 7.58. The first-order valence-electron chi connectivity index (χ1n) is 5.00. The van der Waals surface area contributed by atoms with Gasteiger partial charge in [-0.05, 0) is 26.1 Å². The molecule has 1 rings (SSSR count). The molecule has 16 heavy (non-hydrogen) atoms. The maximum atomic E-state index is 6.10. The minimum absolute atomic E-state index is 0.0886. The van der Waals surface area contributed by atoms with Crippen molar-refractivity contribution >= 4 is 23.2 Å². The molecule has 1 N–H and O–H groups in total. The minimum Gasteiger partial charge on any atom is -0.485 e. The van der Waals surface area contributed by atoms with Gasteiger partial charge in [0.05, 0.1) is 5.02 Å². The summed E-state index contributed by atoms with van der Waals surface area (Å²) < 4.78 is 5.68. The third-order valence-corrected chi connectivity index (χ3v) is 2.59. The highest BCUT2D eigenvalue weighted by Crippen LogP contribution is 2.33. The van der Waals surface area contributed by atoms with E-state index in [1.54, 1.807) is 12.1 Å². The maximum absolute atomic E-state index is 6.10. The molecule has 0 bridgehead atoms. The number of hydrogen-bond acceptors (Lipinski definition) is 2. The van der Waals surface area contributed by atoms with E-state index in [0.29, 0.717) is 22.3 Å². The second-order valence-electron chi connectivity index (χ2n) is 3.46. The van der Waals surface area contributed by atoms with Gasteiger partial charge in [-0.1, -0.05) is 35.9 Å². The molecule has 0 saturated heterocycles. The molecule has 0 radical (unpaired) electrons. The van der Waals surface area contributed by atoms with Crippen LogP contribution in [0.5, 0.6) is 5.75 Å². The summed E-state index contributed by atoms with van der Waals surface area (Å²) in [5.74, 6) is 0.660. The normalized spacial score (nSPS) is 12.2. The fourth-order valence-corrected chi connectivity index (χ4v) is 1.88. The Morgan fingerprint density at radius 1 is 1.50 bits per heavy atom. The highest BCUT2D eigenvalue weighted by Gasteiger charge is 2.12. The van der Waals surface area contributed by atoms with E-state index in [2.05, 4.69) is 11.9 Å². The molecule has 0 fully saturated rings. The lowest BCUT2D eigenvalue weighted by molar-refractivity contribution is 0.267. The smallest absolute Gasteiger partial charge is 0.143 e. The van der Waals surface area contributed by atoms with Crippen LogP contribution in [0.1, 0.15) is 12.5 Å². The predicted molar refractivity (Wildman–Crippen MR) is 69.5 cm³/mol. The van der Waals surface area contributed by atoms with Crippen molar-refractivity contribution in [3.05, 3.63) is 40.4 Å². The Morgan fingerprint density at radius 3 is 2.75 bits per heavy atom. The van der Waals surface area contributed by atoms with Crippen molar-refractivity contribution in [1.82, 2.24) is 5.32 Å². The average Bonchev–Trinajstić information content (AvgIpc) is 2.23. The van der Waals surface area contributed by atoms with Gasteiger partial charge in [0.2, 0.25) is 0 Å². The Kier molecular flexibility index (Phi) is 5.13. The van der Waals surface area contributed by atoms with Crippen LogP contribution in [0, 0.1) is 0 Å². The molecule has 0 saturated carbocycles. The van der Waals surface area contributed by atoms with Crippen LogP contribution >= 0.6 is 23.2 Å². The van der Waals surface area contributed by atoms with Gasteiger partial charge in [0, 0.05) is 17.1 Å². The van der Waals surface area contributed by atoms with Crippen LogP contribution in [0.25, 0.3) is 0 Å².